The lowest BCUT2D eigenvalue weighted by Gasteiger charge is -2.12. The van der Waals surface area contributed by atoms with E-state index in [2.05, 4.69) is 15.8 Å². The Hall–Kier alpha value is -4.41. The van der Waals surface area contributed by atoms with E-state index in [1.54, 1.807) is 6.92 Å². The fourth-order valence-corrected chi connectivity index (χ4v) is 2.61. The van der Waals surface area contributed by atoms with E-state index in [4.69, 9.17) is 18.7 Å². The second kappa shape index (κ2) is 10.8. The van der Waals surface area contributed by atoms with Crippen molar-refractivity contribution in [3.8, 4) is 11.5 Å². The molecular weight excluding hydrogens is 437 g/mol. The Morgan fingerprint density at radius 3 is 2.36 bits per heavy atom. The zero-order valence-corrected chi connectivity index (χ0v) is 17.7. The van der Waals surface area contributed by atoms with E-state index >= 15 is 0 Å². The van der Waals surface area contributed by atoms with Crippen LogP contribution < -0.4 is 20.1 Å². The standard InChI is InChI=1S/C22H20FN3O7/c1-13-9-19(26-33-13)25-21(28)12-32-22(29)14-3-8-17(18(10-14)30-2)31-11-20(27)24-16-6-4-15(23)5-7-16/h3-10H,11-12H2,1-2H3,(H,24,27)(H,25,26,28). The molecule has 2 aromatic carbocycles. The number of hydrogen-bond acceptors (Lipinski definition) is 8. The summed E-state index contributed by atoms with van der Waals surface area (Å²) in [6.07, 6.45) is 0. The van der Waals surface area contributed by atoms with Gasteiger partial charge in [0, 0.05) is 11.8 Å². The van der Waals surface area contributed by atoms with Gasteiger partial charge in [-0.25, -0.2) is 9.18 Å². The van der Waals surface area contributed by atoms with Gasteiger partial charge in [0.25, 0.3) is 11.8 Å². The third-order valence-electron chi connectivity index (χ3n) is 4.12. The molecule has 0 radical (unpaired) electrons. The average molecular weight is 457 g/mol. The van der Waals surface area contributed by atoms with Gasteiger partial charge in [-0.2, -0.15) is 0 Å². The molecule has 33 heavy (non-hydrogen) atoms. The number of anilines is 2. The lowest BCUT2D eigenvalue weighted by molar-refractivity contribution is -0.119. The summed E-state index contributed by atoms with van der Waals surface area (Å²) in [4.78, 5) is 36.1. The van der Waals surface area contributed by atoms with E-state index in [9.17, 15) is 18.8 Å². The first-order valence-electron chi connectivity index (χ1n) is 9.60. The molecule has 3 rings (SSSR count). The van der Waals surface area contributed by atoms with Crippen molar-refractivity contribution >= 4 is 29.3 Å². The molecule has 0 aliphatic carbocycles. The second-order valence-electron chi connectivity index (χ2n) is 6.66. The Balaban J connectivity index is 1.52. The van der Waals surface area contributed by atoms with E-state index in [1.807, 2.05) is 0 Å². The molecule has 0 aliphatic rings. The van der Waals surface area contributed by atoms with Crippen LogP contribution in [0.2, 0.25) is 0 Å². The topological polar surface area (TPSA) is 129 Å². The van der Waals surface area contributed by atoms with Gasteiger partial charge in [-0.15, -0.1) is 0 Å². The van der Waals surface area contributed by atoms with E-state index in [-0.39, 0.29) is 29.5 Å². The number of aryl methyl sites for hydroxylation is 1. The highest BCUT2D eigenvalue weighted by Crippen LogP contribution is 2.28. The number of benzene rings is 2. The summed E-state index contributed by atoms with van der Waals surface area (Å²) in [5.74, 6) is -1.12. The molecule has 3 aromatic rings. The first kappa shape index (κ1) is 23.3. The van der Waals surface area contributed by atoms with Crippen LogP contribution in [0, 0.1) is 12.7 Å². The second-order valence-corrected chi connectivity index (χ2v) is 6.66. The zero-order valence-electron chi connectivity index (χ0n) is 17.7. The Morgan fingerprint density at radius 1 is 0.970 bits per heavy atom. The number of nitrogens with one attached hydrogen (secondary N) is 2. The molecule has 172 valence electrons. The Labute approximate surface area is 187 Å². The fourth-order valence-electron chi connectivity index (χ4n) is 2.61. The van der Waals surface area contributed by atoms with Crippen molar-refractivity contribution in [3.05, 3.63) is 65.7 Å². The smallest absolute Gasteiger partial charge is 0.338 e. The van der Waals surface area contributed by atoms with Gasteiger partial charge in [0.1, 0.15) is 11.6 Å². The molecule has 0 saturated carbocycles. The predicted molar refractivity (Wildman–Crippen MR) is 114 cm³/mol. The van der Waals surface area contributed by atoms with E-state index < -0.39 is 30.2 Å². The van der Waals surface area contributed by atoms with Crippen LogP contribution >= 0.6 is 0 Å². The SMILES string of the molecule is COc1cc(C(=O)OCC(=O)Nc2cc(C)on2)ccc1OCC(=O)Nc1ccc(F)cc1. The first-order valence-corrected chi connectivity index (χ1v) is 9.60. The van der Waals surface area contributed by atoms with Gasteiger partial charge in [0.2, 0.25) is 0 Å². The van der Waals surface area contributed by atoms with Crippen molar-refractivity contribution < 1.29 is 37.5 Å². The lowest BCUT2D eigenvalue weighted by Crippen LogP contribution is -2.21. The molecule has 0 fully saturated rings. The molecule has 0 unspecified atom stereocenters. The highest BCUT2D eigenvalue weighted by molar-refractivity contribution is 5.95. The molecular formula is C22H20FN3O7. The summed E-state index contributed by atoms with van der Waals surface area (Å²) in [6, 6.07) is 11.0. The van der Waals surface area contributed by atoms with Crippen LogP contribution in [0.15, 0.2) is 53.1 Å². The minimum absolute atomic E-state index is 0.111. The molecule has 0 spiro atoms. The molecule has 11 heteroatoms. The average Bonchev–Trinajstić information content (AvgIpc) is 3.21. The summed E-state index contributed by atoms with van der Waals surface area (Å²) >= 11 is 0. The number of carbonyl (C=O) groups excluding carboxylic acids is 3. The van der Waals surface area contributed by atoms with Crippen LogP contribution in [0.25, 0.3) is 0 Å². The highest BCUT2D eigenvalue weighted by atomic mass is 19.1. The number of halogens is 1. The summed E-state index contributed by atoms with van der Waals surface area (Å²) in [6.45, 7) is 0.787. The summed E-state index contributed by atoms with van der Waals surface area (Å²) in [5, 5.41) is 8.59. The van der Waals surface area contributed by atoms with Gasteiger partial charge >= 0.3 is 5.97 Å². The Bertz CT molecular complexity index is 1150. The van der Waals surface area contributed by atoms with Crippen molar-refractivity contribution in [2.45, 2.75) is 6.92 Å². The molecule has 1 aromatic heterocycles. The number of ether oxygens (including phenoxy) is 3. The van der Waals surface area contributed by atoms with Crippen LogP contribution in [0.3, 0.4) is 0 Å². The number of carbonyl (C=O) groups is 3. The van der Waals surface area contributed by atoms with Crippen molar-refractivity contribution in [3.63, 3.8) is 0 Å². The largest absolute Gasteiger partial charge is 0.493 e. The molecule has 10 nitrogen and oxygen atoms in total. The first-order chi connectivity index (χ1) is 15.8. The van der Waals surface area contributed by atoms with Crippen LogP contribution in [-0.2, 0) is 14.3 Å². The van der Waals surface area contributed by atoms with Gasteiger partial charge in [-0.3, -0.25) is 9.59 Å². The van der Waals surface area contributed by atoms with Crippen LogP contribution in [0.1, 0.15) is 16.1 Å². The van der Waals surface area contributed by atoms with Crippen molar-refractivity contribution in [2.24, 2.45) is 0 Å². The number of amides is 2. The minimum atomic E-state index is -0.764. The van der Waals surface area contributed by atoms with Gasteiger partial charge in [0.05, 0.1) is 12.7 Å². The van der Waals surface area contributed by atoms with Crippen LogP contribution in [-0.4, -0.2) is 43.3 Å². The fraction of sp³-hybridized carbons (Fsp3) is 0.182. The van der Waals surface area contributed by atoms with Crippen molar-refractivity contribution in [1.82, 2.24) is 5.16 Å². The zero-order chi connectivity index (χ0) is 23.8. The maximum Gasteiger partial charge on any atom is 0.338 e. The number of methoxy groups -OCH3 is 1. The third-order valence-corrected chi connectivity index (χ3v) is 4.12. The van der Waals surface area contributed by atoms with Crippen molar-refractivity contribution in [1.29, 1.82) is 0 Å². The van der Waals surface area contributed by atoms with E-state index in [0.29, 0.717) is 11.4 Å². The lowest BCUT2D eigenvalue weighted by atomic mass is 10.2. The maximum atomic E-state index is 12.9. The molecule has 0 atom stereocenters. The van der Waals surface area contributed by atoms with Crippen LogP contribution in [0.4, 0.5) is 15.9 Å². The quantitative estimate of drug-likeness (QED) is 0.469. The summed E-state index contributed by atoms with van der Waals surface area (Å²) in [7, 11) is 1.36. The minimum Gasteiger partial charge on any atom is -0.493 e. The Morgan fingerprint density at radius 2 is 1.70 bits per heavy atom. The highest BCUT2D eigenvalue weighted by Gasteiger charge is 2.15. The summed E-state index contributed by atoms with van der Waals surface area (Å²) in [5.41, 5.74) is 0.526. The van der Waals surface area contributed by atoms with Gasteiger partial charge in [0.15, 0.2) is 30.5 Å². The Kier molecular flexibility index (Phi) is 7.58. The third kappa shape index (κ3) is 6.79. The molecule has 2 amide bonds. The van der Waals surface area contributed by atoms with E-state index in [0.717, 1.165) is 0 Å². The number of esters is 1. The van der Waals surface area contributed by atoms with E-state index in [1.165, 1.54) is 55.6 Å². The van der Waals surface area contributed by atoms with Gasteiger partial charge in [-0.1, -0.05) is 5.16 Å². The van der Waals surface area contributed by atoms with Gasteiger partial charge in [-0.05, 0) is 49.4 Å². The number of hydrogen-bond donors (Lipinski definition) is 2. The van der Waals surface area contributed by atoms with Gasteiger partial charge < -0.3 is 29.4 Å². The maximum absolute atomic E-state index is 12.9. The summed E-state index contributed by atoms with van der Waals surface area (Å²) < 4.78 is 33.4. The molecule has 0 aliphatic heterocycles. The normalized spacial score (nSPS) is 10.3. The number of nitrogens with zero attached hydrogens (tertiary/aromatic N) is 1. The molecule has 1 heterocycles. The van der Waals surface area contributed by atoms with Crippen LogP contribution in [0.5, 0.6) is 11.5 Å². The molecule has 0 bridgehead atoms. The number of aromatic nitrogens is 1. The monoisotopic (exact) mass is 457 g/mol. The number of rotatable bonds is 9. The molecule has 0 saturated heterocycles. The molecule has 2 N–H and O–H groups in total. The predicted octanol–water partition coefficient (Wildman–Crippen LogP) is 2.94. The van der Waals surface area contributed by atoms with Crippen molar-refractivity contribution in [2.75, 3.05) is 31.0 Å².